The minimum absolute atomic E-state index is 0.157. The fourth-order valence-corrected chi connectivity index (χ4v) is 3.34. The maximum absolute atomic E-state index is 11.7. The zero-order valence-corrected chi connectivity index (χ0v) is 15.7. The molecule has 3 N–H and O–H groups in total. The predicted molar refractivity (Wildman–Crippen MR) is 102 cm³/mol. The Labute approximate surface area is 155 Å². The first-order valence-electron chi connectivity index (χ1n) is 9.77. The van der Waals surface area contributed by atoms with Gasteiger partial charge in [0.1, 0.15) is 5.76 Å². The van der Waals surface area contributed by atoms with E-state index in [0.717, 1.165) is 57.2 Å². The van der Waals surface area contributed by atoms with Gasteiger partial charge in [-0.05, 0) is 57.3 Å². The SMILES string of the molecule is CN=C(NCCCC(=O)NC1CC1)NCC(c1ccco1)N1CCCC1. The van der Waals surface area contributed by atoms with Gasteiger partial charge in [0.2, 0.25) is 5.91 Å². The van der Waals surface area contributed by atoms with Crippen molar-refractivity contribution in [2.45, 2.75) is 50.6 Å². The number of carbonyl (C=O) groups excluding carboxylic acids is 1. The zero-order valence-electron chi connectivity index (χ0n) is 15.7. The number of hydrogen-bond donors (Lipinski definition) is 3. The van der Waals surface area contributed by atoms with Crippen LogP contribution in [0.1, 0.15) is 50.3 Å². The van der Waals surface area contributed by atoms with Gasteiger partial charge in [-0.3, -0.25) is 14.7 Å². The summed E-state index contributed by atoms with van der Waals surface area (Å²) in [4.78, 5) is 18.4. The minimum atomic E-state index is 0.157. The molecular formula is C19H31N5O2. The highest BCUT2D eigenvalue weighted by Crippen LogP contribution is 2.24. The fraction of sp³-hybridized carbons (Fsp3) is 0.684. The van der Waals surface area contributed by atoms with E-state index in [9.17, 15) is 4.79 Å². The Hall–Kier alpha value is -2.02. The normalized spacial score (nSPS) is 19.3. The lowest BCUT2D eigenvalue weighted by atomic mass is 10.2. The predicted octanol–water partition coefficient (Wildman–Crippen LogP) is 1.64. The average molecular weight is 361 g/mol. The van der Waals surface area contributed by atoms with Crippen LogP contribution in [0.2, 0.25) is 0 Å². The molecule has 26 heavy (non-hydrogen) atoms. The van der Waals surface area contributed by atoms with Crippen molar-refractivity contribution in [2.24, 2.45) is 4.99 Å². The molecule has 1 amide bonds. The Morgan fingerprint density at radius 3 is 2.81 bits per heavy atom. The minimum Gasteiger partial charge on any atom is -0.468 e. The molecule has 7 nitrogen and oxygen atoms in total. The molecular weight excluding hydrogens is 330 g/mol. The number of rotatable bonds is 9. The number of amides is 1. The molecule has 1 aliphatic carbocycles. The van der Waals surface area contributed by atoms with Gasteiger partial charge < -0.3 is 20.4 Å². The second-order valence-electron chi connectivity index (χ2n) is 7.10. The summed E-state index contributed by atoms with van der Waals surface area (Å²) in [5.74, 6) is 1.92. The third kappa shape index (κ3) is 5.76. The molecule has 144 valence electrons. The molecule has 2 aliphatic rings. The number of likely N-dealkylation sites (tertiary alicyclic amines) is 1. The molecule has 1 saturated carbocycles. The van der Waals surface area contributed by atoms with Crippen LogP contribution in [-0.2, 0) is 4.79 Å². The highest BCUT2D eigenvalue weighted by Gasteiger charge is 2.25. The van der Waals surface area contributed by atoms with E-state index in [0.29, 0.717) is 12.5 Å². The first kappa shape index (κ1) is 18.8. The zero-order chi connectivity index (χ0) is 18.2. The second kappa shape index (κ2) is 9.62. The quantitative estimate of drug-likeness (QED) is 0.354. The number of guanidine groups is 1. The Kier molecular flexibility index (Phi) is 6.94. The Balaban J connectivity index is 1.39. The first-order chi connectivity index (χ1) is 12.8. The van der Waals surface area contributed by atoms with Gasteiger partial charge >= 0.3 is 0 Å². The van der Waals surface area contributed by atoms with Gasteiger partial charge in [-0.25, -0.2) is 0 Å². The van der Waals surface area contributed by atoms with Crippen molar-refractivity contribution in [1.82, 2.24) is 20.9 Å². The number of hydrogen-bond acceptors (Lipinski definition) is 4. The molecule has 0 aromatic carbocycles. The van der Waals surface area contributed by atoms with Gasteiger partial charge in [-0.1, -0.05) is 0 Å². The Morgan fingerprint density at radius 1 is 1.35 bits per heavy atom. The highest BCUT2D eigenvalue weighted by molar-refractivity contribution is 5.80. The summed E-state index contributed by atoms with van der Waals surface area (Å²) in [6, 6.07) is 4.64. The van der Waals surface area contributed by atoms with Crippen LogP contribution in [0.25, 0.3) is 0 Å². The van der Waals surface area contributed by atoms with Gasteiger partial charge in [-0.15, -0.1) is 0 Å². The summed E-state index contributed by atoms with van der Waals surface area (Å²) < 4.78 is 5.65. The van der Waals surface area contributed by atoms with Gasteiger partial charge in [0.15, 0.2) is 5.96 Å². The molecule has 1 aliphatic heterocycles. The standard InChI is InChI=1S/C19H31N5O2/c1-20-19(21-10-4-7-18(25)23-15-8-9-15)22-14-16(17-6-5-13-26-17)24-11-2-3-12-24/h5-6,13,15-16H,2-4,7-12,14H2,1H3,(H,23,25)(H2,20,21,22). The van der Waals surface area contributed by atoms with Crippen LogP contribution in [0.4, 0.5) is 0 Å². The van der Waals surface area contributed by atoms with Crippen LogP contribution in [0.5, 0.6) is 0 Å². The number of aliphatic imine (C=N–C) groups is 1. The fourth-order valence-electron chi connectivity index (χ4n) is 3.34. The first-order valence-corrected chi connectivity index (χ1v) is 9.77. The molecule has 1 atom stereocenters. The summed E-state index contributed by atoms with van der Waals surface area (Å²) in [5, 5.41) is 9.71. The summed E-state index contributed by atoms with van der Waals surface area (Å²) in [5.41, 5.74) is 0. The van der Waals surface area contributed by atoms with Crippen LogP contribution in [0, 0.1) is 0 Å². The van der Waals surface area contributed by atoms with Crippen LogP contribution in [-0.4, -0.2) is 56.0 Å². The van der Waals surface area contributed by atoms with Crippen molar-refractivity contribution < 1.29 is 9.21 Å². The largest absolute Gasteiger partial charge is 0.468 e. The third-order valence-corrected chi connectivity index (χ3v) is 4.96. The van der Waals surface area contributed by atoms with E-state index in [1.807, 2.05) is 12.1 Å². The van der Waals surface area contributed by atoms with Crippen LogP contribution in [0.15, 0.2) is 27.8 Å². The molecule has 0 spiro atoms. The van der Waals surface area contributed by atoms with E-state index >= 15 is 0 Å². The molecule has 1 saturated heterocycles. The van der Waals surface area contributed by atoms with E-state index in [2.05, 4.69) is 25.8 Å². The van der Waals surface area contributed by atoms with E-state index in [-0.39, 0.29) is 11.9 Å². The van der Waals surface area contributed by atoms with Crippen LogP contribution >= 0.6 is 0 Å². The van der Waals surface area contributed by atoms with Gasteiger partial charge in [0.05, 0.1) is 12.3 Å². The molecule has 1 aromatic rings. The topological polar surface area (TPSA) is 81.9 Å². The molecule has 1 unspecified atom stereocenters. The van der Waals surface area contributed by atoms with E-state index in [1.54, 1.807) is 13.3 Å². The molecule has 2 heterocycles. The monoisotopic (exact) mass is 361 g/mol. The van der Waals surface area contributed by atoms with Gasteiger partial charge in [0.25, 0.3) is 0 Å². The van der Waals surface area contributed by atoms with Crippen molar-refractivity contribution in [3.63, 3.8) is 0 Å². The molecule has 3 rings (SSSR count). The number of nitrogens with one attached hydrogen (secondary N) is 3. The van der Waals surface area contributed by atoms with E-state index in [4.69, 9.17) is 4.42 Å². The van der Waals surface area contributed by atoms with E-state index in [1.165, 1.54) is 12.8 Å². The van der Waals surface area contributed by atoms with Crippen molar-refractivity contribution in [1.29, 1.82) is 0 Å². The van der Waals surface area contributed by atoms with Crippen molar-refractivity contribution >= 4 is 11.9 Å². The van der Waals surface area contributed by atoms with Crippen LogP contribution in [0.3, 0.4) is 0 Å². The number of carbonyl (C=O) groups is 1. The molecule has 7 heteroatoms. The number of furan rings is 1. The highest BCUT2D eigenvalue weighted by atomic mass is 16.3. The van der Waals surface area contributed by atoms with E-state index < -0.39 is 0 Å². The smallest absolute Gasteiger partial charge is 0.220 e. The maximum Gasteiger partial charge on any atom is 0.220 e. The Bertz CT molecular complexity index is 577. The van der Waals surface area contributed by atoms with Gasteiger partial charge in [0, 0.05) is 32.6 Å². The molecule has 0 radical (unpaired) electrons. The van der Waals surface area contributed by atoms with Crippen molar-refractivity contribution in [3.05, 3.63) is 24.2 Å². The average Bonchev–Trinajstić information content (AvgIpc) is 3.10. The lowest BCUT2D eigenvalue weighted by Crippen LogP contribution is -2.43. The summed E-state index contributed by atoms with van der Waals surface area (Å²) in [6.07, 6.45) is 7.84. The summed E-state index contributed by atoms with van der Waals surface area (Å²) >= 11 is 0. The van der Waals surface area contributed by atoms with Crippen molar-refractivity contribution in [2.75, 3.05) is 33.2 Å². The summed E-state index contributed by atoms with van der Waals surface area (Å²) in [7, 11) is 1.77. The van der Waals surface area contributed by atoms with Gasteiger partial charge in [-0.2, -0.15) is 0 Å². The third-order valence-electron chi connectivity index (χ3n) is 4.96. The van der Waals surface area contributed by atoms with Crippen molar-refractivity contribution in [3.8, 4) is 0 Å². The lowest BCUT2D eigenvalue weighted by Gasteiger charge is -2.26. The number of nitrogens with zero attached hydrogens (tertiary/aromatic N) is 2. The van der Waals surface area contributed by atoms with Crippen LogP contribution < -0.4 is 16.0 Å². The molecule has 0 bridgehead atoms. The second-order valence-corrected chi connectivity index (χ2v) is 7.10. The maximum atomic E-state index is 11.7. The Morgan fingerprint density at radius 2 is 2.15 bits per heavy atom. The summed E-state index contributed by atoms with van der Waals surface area (Å²) in [6.45, 7) is 3.69. The molecule has 1 aromatic heterocycles. The molecule has 2 fully saturated rings. The lowest BCUT2D eigenvalue weighted by molar-refractivity contribution is -0.121.